The molecule has 1 rings (SSSR count). The highest BCUT2D eigenvalue weighted by atomic mass is 16.5. The van der Waals surface area contributed by atoms with Gasteiger partial charge in [0, 0.05) is 25.0 Å². The number of hydrogen-bond donors (Lipinski definition) is 1. The summed E-state index contributed by atoms with van der Waals surface area (Å²) >= 11 is 0. The molecule has 0 radical (unpaired) electrons. The van der Waals surface area contributed by atoms with Crippen molar-refractivity contribution in [3.05, 3.63) is 29.8 Å². The van der Waals surface area contributed by atoms with E-state index in [1.807, 2.05) is 19.1 Å². The summed E-state index contributed by atoms with van der Waals surface area (Å²) in [4.78, 5) is 0. The van der Waals surface area contributed by atoms with Crippen molar-refractivity contribution < 1.29 is 9.47 Å². The van der Waals surface area contributed by atoms with Crippen molar-refractivity contribution in [1.82, 2.24) is 0 Å². The highest BCUT2D eigenvalue weighted by Crippen LogP contribution is 2.22. The van der Waals surface area contributed by atoms with Gasteiger partial charge in [-0.05, 0) is 33.8 Å². The van der Waals surface area contributed by atoms with E-state index in [0.29, 0.717) is 6.61 Å². The quantitative estimate of drug-likeness (QED) is 0.805. The molecule has 0 saturated heterocycles. The van der Waals surface area contributed by atoms with Gasteiger partial charge in [0.1, 0.15) is 0 Å². The Hall–Kier alpha value is -1.06. The van der Waals surface area contributed by atoms with E-state index < -0.39 is 0 Å². The maximum atomic E-state index is 5.50. The Kier molecular flexibility index (Phi) is 5.63. The lowest BCUT2D eigenvalue weighted by atomic mass is 9.99. The molecule has 0 amide bonds. The Labute approximate surface area is 110 Å². The van der Waals surface area contributed by atoms with Crippen molar-refractivity contribution in [3.8, 4) is 0 Å². The van der Waals surface area contributed by atoms with E-state index in [1.165, 1.54) is 5.56 Å². The number of benzene rings is 1. The molecule has 0 aromatic heterocycles. The van der Waals surface area contributed by atoms with Gasteiger partial charge in [-0.15, -0.1) is 0 Å². The minimum atomic E-state index is -0.210. The van der Waals surface area contributed by atoms with Crippen molar-refractivity contribution in [2.75, 3.05) is 19.0 Å². The molecule has 1 N–H and O–H groups in total. The molecule has 3 nitrogen and oxygen atoms in total. The van der Waals surface area contributed by atoms with E-state index in [2.05, 4.69) is 38.2 Å². The molecule has 0 bridgehead atoms. The molecule has 0 spiro atoms. The van der Waals surface area contributed by atoms with Crippen LogP contribution in [0.15, 0.2) is 24.3 Å². The number of methoxy groups -OCH3 is 1. The SMILES string of the molecule is CCOCc1ccccc1NC(C)C(C)(C)OC. The predicted octanol–water partition coefficient (Wildman–Crippen LogP) is 3.45. The minimum absolute atomic E-state index is 0.210. The molecule has 1 aromatic rings. The smallest absolute Gasteiger partial charge is 0.0820 e. The first-order valence-electron chi connectivity index (χ1n) is 6.48. The lowest BCUT2D eigenvalue weighted by Gasteiger charge is -2.32. The largest absolute Gasteiger partial charge is 0.379 e. The molecule has 0 heterocycles. The van der Waals surface area contributed by atoms with Crippen LogP contribution in [-0.2, 0) is 16.1 Å². The number of hydrogen-bond acceptors (Lipinski definition) is 3. The normalized spacial score (nSPS) is 13.4. The molecule has 0 aliphatic carbocycles. The molecule has 1 aromatic carbocycles. The van der Waals surface area contributed by atoms with Crippen LogP contribution in [0.1, 0.15) is 33.3 Å². The number of nitrogens with one attached hydrogen (secondary N) is 1. The van der Waals surface area contributed by atoms with Gasteiger partial charge in [0.05, 0.1) is 18.2 Å². The molecule has 0 aliphatic rings. The Morgan fingerprint density at radius 1 is 1.28 bits per heavy atom. The van der Waals surface area contributed by atoms with E-state index in [-0.39, 0.29) is 11.6 Å². The van der Waals surface area contributed by atoms with Gasteiger partial charge in [0.2, 0.25) is 0 Å². The maximum absolute atomic E-state index is 5.50. The minimum Gasteiger partial charge on any atom is -0.379 e. The van der Waals surface area contributed by atoms with Gasteiger partial charge in [0.25, 0.3) is 0 Å². The topological polar surface area (TPSA) is 30.5 Å². The van der Waals surface area contributed by atoms with E-state index in [1.54, 1.807) is 7.11 Å². The monoisotopic (exact) mass is 251 g/mol. The second-order valence-electron chi connectivity index (χ2n) is 4.97. The summed E-state index contributed by atoms with van der Waals surface area (Å²) in [5, 5.41) is 3.51. The van der Waals surface area contributed by atoms with Gasteiger partial charge in [-0.25, -0.2) is 0 Å². The molecule has 0 saturated carbocycles. The van der Waals surface area contributed by atoms with Gasteiger partial charge < -0.3 is 14.8 Å². The Balaban J connectivity index is 2.77. The van der Waals surface area contributed by atoms with Crippen molar-refractivity contribution in [3.63, 3.8) is 0 Å². The summed E-state index contributed by atoms with van der Waals surface area (Å²) in [6.45, 7) is 9.66. The average Bonchev–Trinajstić information content (AvgIpc) is 2.37. The first kappa shape index (κ1) is 15.0. The van der Waals surface area contributed by atoms with Gasteiger partial charge in [-0.2, -0.15) is 0 Å². The Bertz CT molecular complexity index is 363. The van der Waals surface area contributed by atoms with Gasteiger partial charge in [-0.3, -0.25) is 0 Å². The number of ether oxygens (including phenoxy) is 2. The standard InChI is InChI=1S/C15H25NO2/c1-6-18-11-13-9-7-8-10-14(13)16-12(2)15(3,4)17-5/h7-10,12,16H,6,11H2,1-5H3. The summed E-state index contributed by atoms with van der Waals surface area (Å²) in [6, 6.07) is 8.45. The molecule has 0 fully saturated rings. The molecular weight excluding hydrogens is 226 g/mol. The Morgan fingerprint density at radius 2 is 1.94 bits per heavy atom. The van der Waals surface area contributed by atoms with Crippen LogP contribution in [0.2, 0.25) is 0 Å². The zero-order chi connectivity index (χ0) is 13.6. The van der Waals surface area contributed by atoms with Crippen molar-refractivity contribution in [2.45, 2.75) is 45.9 Å². The molecule has 0 aliphatic heterocycles. The number of anilines is 1. The lowest BCUT2D eigenvalue weighted by Crippen LogP contribution is -2.41. The molecule has 3 heteroatoms. The summed E-state index contributed by atoms with van der Waals surface area (Å²) in [5.74, 6) is 0. The van der Waals surface area contributed by atoms with E-state index in [0.717, 1.165) is 12.3 Å². The molecule has 1 atom stereocenters. The molecule has 1 unspecified atom stereocenters. The van der Waals surface area contributed by atoms with Crippen molar-refractivity contribution >= 4 is 5.69 Å². The average molecular weight is 251 g/mol. The third-order valence-electron chi connectivity index (χ3n) is 3.42. The summed E-state index contributed by atoms with van der Waals surface area (Å²) < 4.78 is 11.0. The summed E-state index contributed by atoms with van der Waals surface area (Å²) in [5.41, 5.74) is 2.08. The van der Waals surface area contributed by atoms with E-state index >= 15 is 0 Å². The first-order chi connectivity index (χ1) is 8.51. The predicted molar refractivity (Wildman–Crippen MR) is 75.9 cm³/mol. The van der Waals surface area contributed by atoms with Crippen molar-refractivity contribution in [2.24, 2.45) is 0 Å². The summed E-state index contributed by atoms with van der Waals surface area (Å²) in [7, 11) is 1.74. The second kappa shape index (κ2) is 6.76. The summed E-state index contributed by atoms with van der Waals surface area (Å²) in [6.07, 6.45) is 0. The van der Waals surface area contributed by atoms with Gasteiger partial charge >= 0.3 is 0 Å². The zero-order valence-electron chi connectivity index (χ0n) is 12.1. The van der Waals surface area contributed by atoms with Gasteiger partial charge in [0.15, 0.2) is 0 Å². The number of rotatable bonds is 7. The first-order valence-corrected chi connectivity index (χ1v) is 6.48. The third-order valence-corrected chi connectivity index (χ3v) is 3.42. The number of para-hydroxylation sites is 1. The third kappa shape index (κ3) is 4.00. The zero-order valence-corrected chi connectivity index (χ0v) is 12.1. The highest BCUT2D eigenvalue weighted by molar-refractivity contribution is 5.51. The van der Waals surface area contributed by atoms with Crippen LogP contribution < -0.4 is 5.32 Å². The molecule has 18 heavy (non-hydrogen) atoms. The van der Waals surface area contributed by atoms with Crippen molar-refractivity contribution in [1.29, 1.82) is 0 Å². The Morgan fingerprint density at radius 3 is 2.56 bits per heavy atom. The van der Waals surface area contributed by atoms with Crippen LogP contribution in [0.3, 0.4) is 0 Å². The van der Waals surface area contributed by atoms with Crippen LogP contribution in [0.25, 0.3) is 0 Å². The van der Waals surface area contributed by atoms with Crippen LogP contribution >= 0.6 is 0 Å². The highest BCUT2D eigenvalue weighted by Gasteiger charge is 2.25. The molecular formula is C15H25NO2. The second-order valence-corrected chi connectivity index (χ2v) is 4.97. The van der Waals surface area contributed by atoms with Crippen LogP contribution in [0, 0.1) is 0 Å². The van der Waals surface area contributed by atoms with E-state index in [4.69, 9.17) is 9.47 Å². The lowest BCUT2D eigenvalue weighted by molar-refractivity contribution is 0.0107. The van der Waals surface area contributed by atoms with Crippen LogP contribution in [0.4, 0.5) is 5.69 Å². The van der Waals surface area contributed by atoms with Crippen LogP contribution in [0.5, 0.6) is 0 Å². The fraction of sp³-hybridized carbons (Fsp3) is 0.600. The fourth-order valence-corrected chi connectivity index (χ4v) is 1.58. The maximum Gasteiger partial charge on any atom is 0.0820 e. The van der Waals surface area contributed by atoms with Crippen LogP contribution in [-0.4, -0.2) is 25.4 Å². The molecule has 102 valence electrons. The van der Waals surface area contributed by atoms with Gasteiger partial charge in [-0.1, -0.05) is 18.2 Å². The van der Waals surface area contributed by atoms with E-state index in [9.17, 15) is 0 Å². The fourth-order valence-electron chi connectivity index (χ4n) is 1.58.